The highest BCUT2D eigenvalue weighted by molar-refractivity contribution is 7.90. The summed E-state index contributed by atoms with van der Waals surface area (Å²) in [7, 11) is -1.60. The Morgan fingerprint density at radius 1 is 1.38 bits per heavy atom. The Bertz CT molecular complexity index is 430. The molecule has 1 heterocycles. The van der Waals surface area contributed by atoms with E-state index in [1.165, 1.54) is 24.1 Å². The first-order valence-corrected chi connectivity index (χ1v) is 9.19. The molecule has 0 saturated carbocycles. The van der Waals surface area contributed by atoms with Crippen molar-refractivity contribution in [2.75, 3.05) is 33.2 Å². The second-order valence-corrected chi connectivity index (χ2v) is 8.24. The third-order valence-electron chi connectivity index (χ3n) is 4.19. The average Bonchev–Trinajstić information content (AvgIpc) is 2.44. The van der Waals surface area contributed by atoms with Gasteiger partial charge in [-0.15, -0.1) is 0 Å². The third-order valence-corrected chi connectivity index (χ3v) is 6.37. The second-order valence-electron chi connectivity index (χ2n) is 5.98. The topological polar surface area (TPSA) is 77.9 Å². The van der Waals surface area contributed by atoms with Gasteiger partial charge in [0.15, 0.2) is 5.25 Å². The lowest BCUT2D eigenvalue weighted by Gasteiger charge is -2.34. The summed E-state index contributed by atoms with van der Waals surface area (Å²) in [6.45, 7) is 6.34. The minimum Gasteiger partial charge on any atom is -0.480 e. The van der Waals surface area contributed by atoms with E-state index in [0.29, 0.717) is 19.0 Å². The number of carboxylic acid groups (broad SMARTS) is 1. The van der Waals surface area contributed by atoms with Crippen molar-refractivity contribution >= 4 is 16.0 Å². The van der Waals surface area contributed by atoms with Gasteiger partial charge in [-0.2, -0.15) is 0 Å². The van der Waals surface area contributed by atoms with E-state index in [1.807, 2.05) is 0 Å². The molecule has 1 atom stereocenters. The van der Waals surface area contributed by atoms with Gasteiger partial charge in [-0.25, -0.2) is 12.7 Å². The molecule has 0 aromatic heterocycles. The van der Waals surface area contributed by atoms with Gasteiger partial charge in [0.25, 0.3) is 0 Å². The Labute approximate surface area is 128 Å². The lowest BCUT2D eigenvalue weighted by Crippen LogP contribution is -2.46. The third kappa shape index (κ3) is 5.23. The van der Waals surface area contributed by atoms with Crippen LogP contribution < -0.4 is 0 Å². The molecule has 1 aliphatic rings. The number of nitrogens with zero attached hydrogens (tertiary/aromatic N) is 2. The molecular formula is C14H28N2O4S. The highest BCUT2D eigenvalue weighted by Gasteiger charge is 2.36. The normalized spacial score (nSPS) is 19.8. The van der Waals surface area contributed by atoms with Gasteiger partial charge < -0.3 is 10.0 Å². The Balaban J connectivity index is 2.47. The Kier molecular flexibility index (Phi) is 7.09. The van der Waals surface area contributed by atoms with Crippen LogP contribution in [0.5, 0.6) is 0 Å². The number of hydrogen-bond acceptors (Lipinski definition) is 4. The van der Waals surface area contributed by atoms with Crippen LogP contribution in [-0.4, -0.2) is 67.2 Å². The van der Waals surface area contributed by atoms with Crippen LogP contribution >= 0.6 is 0 Å². The molecule has 0 amide bonds. The molecule has 1 rings (SSSR count). The summed E-state index contributed by atoms with van der Waals surface area (Å²) in [6.07, 6.45) is 3.97. The maximum absolute atomic E-state index is 12.1. The number of hydrogen-bond donors (Lipinski definition) is 1. The molecule has 1 N–H and O–H groups in total. The number of aliphatic carboxylic acids is 1. The lowest BCUT2D eigenvalue weighted by atomic mass is 9.97. The van der Waals surface area contributed by atoms with Gasteiger partial charge in [0.1, 0.15) is 0 Å². The quantitative estimate of drug-likeness (QED) is 0.728. The molecule has 124 valence electrons. The number of carbonyl (C=O) groups is 1. The van der Waals surface area contributed by atoms with Crippen LogP contribution in [0, 0.1) is 5.92 Å². The van der Waals surface area contributed by atoms with Gasteiger partial charge in [-0.1, -0.05) is 13.3 Å². The van der Waals surface area contributed by atoms with Crippen LogP contribution in [0.3, 0.4) is 0 Å². The highest BCUT2D eigenvalue weighted by Crippen LogP contribution is 2.22. The molecule has 1 unspecified atom stereocenters. The van der Waals surface area contributed by atoms with Crippen molar-refractivity contribution in [3.8, 4) is 0 Å². The summed E-state index contributed by atoms with van der Waals surface area (Å²) in [5.74, 6) is -0.783. The lowest BCUT2D eigenvalue weighted by molar-refractivity contribution is -0.136. The van der Waals surface area contributed by atoms with Crippen LogP contribution in [0.2, 0.25) is 0 Å². The van der Waals surface area contributed by atoms with Crippen molar-refractivity contribution in [1.82, 2.24) is 9.21 Å². The smallest absolute Gasteiger partial charge is 0.323 e. The number of sulfonamides is 1. The zero-order valence-corrected chi connectivity index (χ0v) is 14.1. The molecule has 21 heavy (non-hydrogen) atoms. The predicted octanol–water partition coefficient (Wildman–Crippen LogP) is 1.23. The zero-order valence-electron chi connectivity index (χ0n) is 13.3. The van der Waals surface area contributed by atoms with E-state index >= 15 is 0 Å². The van der Waals surface area contributed by atoms with Gasteiger partial charge in [0.05, 0.1) is 0 Å². The van der Waals surface area contributed by atoms with Crippen molar-refractivity contribution in [3.05, 3.63) is 0 Å². The van der Waals surface area contributed by atoms with E-state index in [1.54, 1.807) is 0 Å². The number of piperidine rings is 1. The van der Waals surface area contributed by atoms with Crippen LogP contribution in [0.15, 0.2) is 0 Å². The van der Waals surface area contributed by atoms with E-state index in [-0.39, 0.29) is 0 Å². The fraction of sp³-hybridized carbons (Fsp3) is 0.929. The molecule has 1 aliphatic heterocycles. The van der Waals surface area contributed by atoms with Crippen molar-refractivity contribution in [2.45, 2.75) is 44.8 Å². The van der Waals surface area contributed by atoms with E-state index in [2.05, 4.69) is 18.9 Å². The molecule has 0 aromatic carbocycles. The van der Waals surface area contributed by atoms with Crippen LogP contribution in [0.1, 0.15) is 39.5 Å². The van der Waals surface area contributed by atoms with E-state index in [4.69, 9.17) is 5.11 Å². The Hall–Kier alpha value is -0.660. The molecule has 0 bridgehead atoms. The molecule has 7 heteroatoms. The monoisotopic (exact) mass is 320 g/mol. The molecule has 6 nitrogen and oxygen atoms in total. The summed E-state index contributed by atoms with van der Waals surface area (Å²) < 4.78 is 25.6. The van der Waals surface area contributed by atoms with Crippen LogP contribution in [0.25, 0.3) is 0 Å². The number of rotatable bonds is 8. The van der Waals surface area contributed by atoms with Crippen LogP contribution in [0.4, 0.5) is 0 Å². The summed E-state index contributed by atoms with van der Waals surface area (Å²) in [6, 6.07) is 0. The standard InChI is InChI=1S/C14H28N2O4S/c1-4-5-8-15(3)11-13-6-9-16(10-7-13)21(19,20)12(2)14(17)18/h12-13H,4-11H2,1-3H3,(H,17,18). The molecule has 0 aliphatic carbocycles. The predicted molar refractivity (Wildman–Crippen MR) is 82.7 cm³/mol. The van der Waals surface area contributed by atoms with Crippen LogP contribution in [-0.2, 0) is 14.8 Å². The summed E-state index contributed by atoms with van der Waals surface area (Å²) in [5, 5.41) is 7.53. The Morgan fingerprint density at radius 3 is 2.43 bits per heavy atom. The minimum atomic E-state index is -3.71. The van der Waals surface area contributed by atoms with Gasteiger partial charge in [-0.3, -0.25) is 4.79 Å². The van der Waals surface area contributed by atoms with Gasteiger partial charge in [-0.05, 0) is 45.7 Å². The molecule has 0 aromatic rings. The summed E-state index contributed by atoms with van der Waals surface area (Å²) >= 11 is 0. The second kappa shape index (κ2) is 8.10. The SMILES string of the molecule is CCCCN(C)CC1CCN(S(=O)(=O)C(C)C(=O)O)CC1. The van der Waals surface area contributed by atoms with Gasteiger partial charge in [0.2, 0.25) is 10.0 Å². The largest absolute Gasteiger partial charge is 0.480 e. The van der Waals surface area contributed by atoms with Crippen molar-refractivity contribution < 1.29 is 18.3 Å². The summed E-state index contributed by atoms with van der Waals surface area (Å²) in [4.78, 5) is 13.2. The van der Waals surface area contributed by atoms with Gasteiger partial charge >= 0.3 is 5.97 Å². The molecule has 0 spiro atoms. The van der Waals surface area contributed by atoms with E-state index in [0.717, 1.165) is 25.9 Å². The number of unbranched alkanes of at least 4 members (excludes halogenated alkanes) is 1. The first kappa shape index (κ1) is 18.4. The Morgan fingerprint density at radius 2 is 1.95 bits per heavy atom. The maximum atomic E-state index is 12.1. The van der Waals surface area contributed by atoms with Crippen molar-refractivity contribution in [3.63, 3.8) is 0 Å². The highest BCUT2D eigenvalue weighted by atomic mass is 32.2. The van der Waals surface area contributed by atoms with E-state index in [9.17, 15) is 13.2 Å². The maximum Gasteiger partial charge on any atom is 0.323 e. The summed E-state index contributed by atoms with van der Waals surface area (Å²) in [5.41, 5.74) is 0. The van der Waals surface area contributed by atoms with Crippen molar-refractivity contribution in [2.24, 2.45) is 5.92 Å². The first-order chi connectivity index (χ1) is 9.78. The molecule has 1 fully saturated rings. The fourth-order valence-corrected chi connectivity index (χ4v) is 4.08. The molecule has 1 saturated heterocycles. The molecule has 0 radical (unpaired) electrons. The zero-order chi connectivity index (χ0) is 16.0. The van der Waals surface area contributed by atoms with Gasteiger partial charge in [0, 0.05) is 19.6 Å². The fourth-order valence-electron chi connectivity index (χ4n) is 2.66. The van der Waals surface area contributed by atoms with Crippen molar-refractivity contribution in [1.29, 1.82) is 0 Å². The average molecular weight is 320 g/mol. The number of carboxylic acids is 1. The minimum absolute atomic E-state index is 0.437. The molecular weight excluding hydrogens is 292 g/mol. The first-order valence-electron chi connectivity index (χ1n) is 7.69. The van der Waals surface area contributed by atoms with E-state index < -0.39 is 21.2 Å².